The molecule has 2 amide bonds. The fraction of sp³-hybridized carbons (Fsp3) is 0.400. The molecule has 0 fully saturated rings. The van der Waals surface area contributed by atoms with Gasteiger partial charge in [0, 0.05) is 13.3 Å². The van der Waals surface area contributed by atoms with Gasteiger partial charge >= 0.3 is 12.0 Å². The quantitative estimate of drug-likeness (QED) is 0.617. The summed E-state index contributed by atoms with van der Waals surface area (Å²) in [5, 5.41) is 16.9. The number of carboxylic acids is 1. The first-order valence-corrected chi connectivity index (χ1v) is 5.02. The van der Waals surface area contributed by atoms with Crippen molar-refractivity contribution in [3.63, 3.8) is 0 Å². The van der Waals surface area contributed by atoms with Crippen molar-refractivity contribution in [3.05, 3.63) is 11.7 Å². The number of hydrogen-bond acceptors (Lipinski definition) is 5. The van der Waals surface area contributed by atoms with Gasteiger partial charge in [0.05, 0.1) is 6.54 Å². The third-order valence-electron chi connectivity index (χ3n) is 1.90. The first kappa shape index (κ1) is 13.5. The van der Waals surface area contributed by atoms with Crippen LogP contribution in [0.3, 0.4) is 0 Å². The van der Waals surface area contributed by atoms with E-state index in [0.717, 1.165) is 0 Å². The van der Waals surface area contributed by atoms with Crippen LogP contribution >= 0.6 is 0 Å². The zero-order valence-electron chi connectivity index (χ0n) is 9.64. The number of amides is 2. The molecule has 1 rings (SSSR count). The zero-order valence-corrected chi connectivity index (χ0v) is 9.64. The molecule has 0 spiro atoms. The molecule has 0 saturated carbocycles. The second kappa shape index (κ2) is 6.24. The Labute approximate surface area is 103 Å². The Balaban J connectivity index is 2.41. The van der Waals surface area contributed by atoms with Crippen LogP contribution in [0.25, 0.3) is 0 Å². The van der Waals surface area contributed by atoms with E-state index in [0.29, 0.717) is 11.7 Å². The predicted molar refractivity (Wildman–Crippen MR) is 59.3 cm³/mol. The smallest absolute Gasteiger partial charge is 0.327 e. The molecule has 0 saturated heterocycles. The summed E-state index contributed by atoms with van der Waals surface area (Å²) in [6, 6.07) is -1.79. The van der Waals surface area contributed by atoms with Crippen molar-refractivity contribution in [2.24, 2.45) is 0 Å². The monoisotopic (exact) mass is 252 g/mol. The number of nitrogens with zero attached hydrogens (tertiary/aromatic N) is 2. The Morgan fingerprint density at radius 2 is 2.33 bits per heavy atom. The molecule has 1 unspecified atom stereocenters. The van der Waals surface area contributed by atoms with E-state index in [9.17, 15) is 9.59 Å². The van der Waals surface area contributed by atoms with E-state index >= 15 is 0 Å². The number of aryl methyl sites for hydroxylation is 1. The number of urea groups is 1. The van der Waals surface area contributed by atoms with Gasteiger partial charge in [-0.15, -0.1) is 12.3 Å². The van der Waals surface area contributed by atoms with Crippen LogP contribution in [-0.4, -0.2) is 33.3 Å². The van der Waals surface area contributed by atoms with E-state index in [2.05, 4.69) is 26.7 Å². The standard InChI is InChI=1S/C10H12N4O4/c1-3-4-7(9(15)16)13-10(17)11-5-8-12-6(2)18-14-8/h1,7H,4-5H2,2H3,(H,15,16)(H2,11,13,17). The molecule has 96 valence electrons. The maximum atomic E-state index is 11.4. The molecule has 0 aromatic carbocycles. The molecule has 0 aliphatic carbocycles. The molecular weight excluding hydrogens is 240 g/mol. The summed E-state index contributed by atoms with van der Waals surface area (Å²) in [5.41, 5.74) is 0. The van der Waals surface area contributed by atoms with Crippen LogP contribution in [-0.2, 0) is 11.3 Å². The van der Waals surface area contributed by atoms with Crippen LogP contribution in [0.4, 0.5) is 4.79 Å². The maximum Gasteiger partial charge on any atom is 0.327 e. The van der Waals surface area contributed by atoms with Gasteiger partial charge in [0.15, 0.2) is 5.82 Å². The summed E-state index contributed by atoms with van der Waals surface area (Å²) in [5.74, 6) is 1.65. The maximum absolute atomic E-state index is 11.4. The predicted octanol–water partition coefficient (Wildman–Crippen LogP) is -0.346. The molecule has 1 heterocycles. The lowest BCUT2D eigenvalue weighted by Gasteiger charge is -2.11. The number of hydrogen-bond donors (Lipinski definition) is 3. The van der Waals surface area contributed by atoms with Gasteiger partial charge in [-0.1, -0.05) is 5.16 Å². The van der Waals surface area contributed by atoms with Crippen molar-refractivity contribution in [2.45, 2.75) is 25.9 Å². The minimum absolute atomic E-state index is 0.0333. The molecule has 8 heteroatoms. The van der Waals surface area contributed by atoms with Crippen molar-refractivity contribution >= 4 is 12.0 Å². The van der Waals surface area contributed by atoms with Crippen molar-refractivity contribution in [1.82, 2.24) is 20.8 Å². The van der Waals surface area contributed by atoms with Crippen LogP contribution in [0.1, 0.15) is 18.1 Å². The SMILES string of the molecule is C#CCC(NC(=O)NCc1noc(C)n1)C(=O)O. The Hall–Kier alpha value is -2.56. The van der Waals surface area contributed by atoms with Gasteiger partial charge in [-0.3, -0.25) is 0 Å². The molecule has 1 aromatic heterocycles. The van der Waals surface area contributed by atoms with Crippen molar-refractivity contribution in [3.8, 4) is 12.3 Å². The molecule has 3 N–H and O–H groups in total. The average molecular weight is 252 g/mol. The lowest BCUT2D eigenvalue weighted by atomic mass is 10.2. The molecule has 1 aromatic rings. The lowest BCUT2D eigenvalue weighted by molar-refractivity contribution is -0.139. The Morgan fingerprint density at radius 3 is 2.83 bits per heavy atom. The molecule has 0 aliphatic rings. The van der Waals surface area contributed by atoms with Crippen molar-refractivity contribution < 1.29 is 19.2 Å². The summed E-state index contributed by atoms with van der Waals surface area (Å²) < 4.78 is 4.70. The van der Waals surface area contributed by atoms with Gasteiger partial charge in [-0.2, -0.15) is 4.98 Å². The second-order valence-corrected chi connectivity index (χ2v) is 3.36. The highest BCUT2D eigenvalue weighted by molar-refractivity contribution is 5.82. The zero-order chi connectivity index (χ0) is 13.5. The Kier molecular flexibility index (Phi) is 4.68. The number of terminal acetylenes is 1. The third-order valence-corrected chi connectivity index (χ3v) is 1.90. The number of rotatable bonds is 5. The minimum Gasteiger partial charge on any atom is -0.480 e. The van der Waals surface area contributed by atoms with E-state index < -0.39 is 18.0 Å². The number of carbonyl (C=O) groups is 2. The molecule has 8 nitrogen and oxygen atoms in total. The van der Waals surface area contributed by atoms with Crippen molar-refractivity contribution in [1.29, 1.82) is 0 Å². The summed E-state index contributed by atoms with van der Waals surface area (Å²) >= 11 is 0. The van der Waals surface area contributed by atoms with Crippen LogP contribution in [0.5, 0.6) is 0 Å². The first-order valence-electron chi connectivity index (χ1n) is 5.02. The molecule has 0 aliphatic heterocycles. The van der Waals surface area contributed by atoms with E-state index in [1.807, 2.05) is 0 Å². The first-order chi connectivity index (χ1) is 8.52. The van der Waals surface area contributed by atoms with Crippen molar-refractivity contribution in [2.75, 3.05) is 0 Å². The largest absolute Gasteiger partial charge is 0.480 e. The van der Waals surface area contributed by atoms with Crippen LogP contribution in [0.2, 0.25) is 0 Å². The fourth-order valence-electron chi connectivity index (χ4n) is 1.10. The third kappa shape index (κ3) is 4.13. The number of aromatic nitrogens is 2. The fourth-order valence-corrected chi connectivity index (χ4v) is 1.10. The summed E-state index contributed by atoms with van der Waals surface area (Å²) in [6.07, 6.45) is 4.90. The highest BCUT2D eigenvalue weighted by atomic mass is 16.5. The number of nitrogens with one attached hydrogen (secondary N) is 2. The second-order valence-electron chi connectivity index (χ2n) is 3.36. The van der Waals surface area contributed by atoms with Gasteiger partial charge in [-0.05, 0) is 0 Å². The molecule has 18 heavy (non-hydrogen) atoms. The van der Waals surface area contributed by atoms with E-state index in [4.69, 9.17) is 16.1 Å². The Bertz CT molecular complexity index is 476. The normalized spacial score (nSPS) is 11.3. The van der Waals surface area contributed by atoms with E-state index in [1.54, 1.807) is 6.92 Å². The van der Waals surface area contributed by atoms with Gasteiger partial charge < -0.3 is 20.3 Å². The minimum atomic E-state index is -1.20. The van der Waals surface area contributed by atoms with Gasteiger partial charge in [-0.25, -0.2) is 9.59 Å². The lowest BCUT2D eigenvalue weighted by Crippen LogP contribution is -2.45. The van der Waals surface area contributed by atoms with Gasteiger partial charge in [0.2, 0.25) is 5.89 Å². The average Bonchev–Trinajstić information content (AvgIpc) is 2.72. The van der Waals surface area contributed by atoms with Crippen LogP contribution in [0.15, 0.2) is 4.52 Å². The molecule has 0 bridgehead atoms. The molecule has 1 atom stereocenters. The highest BCUT2D eigenvalue weighted by Crippen LogP contribution is 1.94. The van der Waals surface area contributed by atoms with Gasteiger partial charge in [0.25, 0.3) is 0 Å². The summed E-state index contributed by atoms with van der Waals surface area (Å²) in [4.78, 5) is 26.0. The highest BCUT2D eigenvalue weighted by Gasteiger charge is 2.18. The number of carboxylic acid groups (broad SMARTS) is 1. The molecular formula is C10H12N4O4. The Morgan fingerprint density at radius 1 is 1.61 bits per heavy atom. The van der Waals surface area contributed by atoms with Gasteiger partial charge in [0.1, 0.15) is 6.04 Å². The van der Waals surface area contributed by atoms with E-state index in [-0.39, 0.29) is 13.0 Å². The van der Waals surface area contributed by atoms with Crippen LogP contribution < -0.4 is 10.6 Å². The number of aliphatic carboxylic acids is 1. The summed E-state index contributed by atoms with van der Waals surface area (Å²) in [7, 11) is 0. The number of carbonyl (C=O) groups excluding carboxylic acids is 1. The van der Waals surface area contributed by atoms with E-state index in [1.165, 1.54) is 0 Å². The topological polar surface area (TPSA) is 117 Å². The molecule has 0 radical (unpaired) electrons. The summed E-state index contributed by atoms with van der Waals surface area (Å²) in [6.45, 7) is 1.65. The van der Waals surface area contributed by atoms with Crippen LogP contribution in [0, 0.1) is 19.3 Å².